The molecule has 0 unspecified atom stereocenters. The predicted molar refractivity (Wildman–Crippen MR) is 90.8 cm³/mol. The molecule has 0 N–H and O–H groups in total. The van der Waals surface area contributed by atoms with Gasteiger partial charge in [-0.3, -0.25) is 4.79 Å². The zero-order chi connectivity index (χ0) is 17.1. The Morgan fingerprint density at radius 3 is 2.68 bits per heavy atom. The highest BCUT2D eigenvalue weighted by atomic mass is 16.7. The largest absolute Gasteiger partial charge is 0.454 e. The standard InChI is InChI=1S/C19H19NO5/c21-19(18-12-22-8-9-23-18)20(15-4-2-1-3-5-15)11-14-6-7-16-17(10-14)25-13-24-16/h1-7,10,18H,8-9,11-13H2/t18-/m1/s1. The number of rotatable bonds is 4. The van der Waals surface area contributed by atoms with E-state index < -0.39 is 6.10 Å². The van der Waals surface area contributed by atoms with Crippen LogP contribution in [0.3, 0.4) is 0 Å². The lowest BCUT2D eigenvalue weighted by atomic mass is 10.1. The summed E-state index contributed by atoms with van der Waals surface area (Å²) in [5.74, 6) is 1.32. The Morgan fingerprint density at radius 1 is 1.04 bits per heavy atom. The van der Waals surface area contributed by atoms with Crippen molar-refractivity contribution in [1.82, 2.24) is 0 Å². The van der Waals surface area contributed by atoms with Gasteiger partial charge in [-0.1, -0.05) is 24.3 Å². The van der Waals surface area contributed by atoms with Crippen molar-refractivity contribution in [3.05, 3.63) is 54.1 Å². The van der Waals surface area contributed by atoms with Crippen molar-refractivity contribution in [2.24, 2.45) is 0 Å². The molecular weight excluding hydrogens is 322 g/mol. The molecule has 2 aliphatic heterocycles. The Labute approximate surface area is 145 Å². The molecule has 2 aromatic carbocycles. The number of anilines is 1. The lowest BCUT2D eigenvalue weighted by molar-refractivity contribution is -0.144. The van der Waals surface area contributed by atoms with Gasteiger partial charge in [-0.15, -0.1) is 0 Å². The molecule has 0 aliphatic carbocycles. The molecular formula is C19H19NO5. The summed E-state index contributed by atoms with van der Waals surface area (Å²) in [5.41, 5.74) is 1.78. The van der Waals surface area contributed by atoms with Crippen LogP contribution in [0.25, 0.3) is 0 Å². The molecule has 6 heteroatoms. The maximum atomic E-state index is 13.0. The quantitative estimate of drug-likeness (QED) is 0.854. The first-order valence-electron chi connectivity index (χ1n) is 8.25. The van der Waals surface area contributed by atoms with Crippen molar-refractivity contribution < 1.29 is 23.7 Å². The molecule has 0 bridgehead atoms. The highest BCUT2D eigenvalue weighted by molar-refractivity contribution is 5.96. The van der Waals surface area contributed by atoms with Crippen LogP contribution in [-0.2, 0) is 20.8 Å². The fourth-order valence-corrected chi connectivity index (χ4v) is 2.93. The number of para-hydroxylation sites is 1. The molecule has 4 rings (SSSR count). The van der Waals surface area contributed by atoms with Crippen molar-refractivity contribution in [1.29, 1.82) is 0 Å². The SMILES string of the molecule is O=C([C@H]1COCCO1)N(Cc1ccc2c(c1)OCO2)c1ccccc1. The van der Waals surface area contributed by atoms with Crippen LogP contribution in [0.4, 0.5) is 5.69 Å². The summed E-state index contributed by atoms with van der Waals surface area (Å²) >= 11 is 0. The Morgan fingerprint density at radius 2 is 1.88 bits per heavy atom. The lowest BCUT2D eigenvalue weighted by Crippen LogP contribution is -2.45. The van der Waals surface area contributed by atoms with E-state index in [1.165, 1.54) is 0 Å². The summed E-state index contributed by atoms with van der Waals surface area (Å²) in [4.78, 5) is 14.7. The fraction of sp³-hybridized carbons (Fsp3) is 0.316. The van der Waals surface area contributed by atoms with Gasteiger partial charge in [0.05, 0.1) is 26.4 Å². The van der Waals surface area contributed by atoms with E-state index in [1.54, 1.807) is 4.90 Å². The molecule has 0 saturated carbocycles. The molecule has 6 nitrogen and oxygen atoms in total. The topological polar surface area (TPSA) is 57.2 Å². The normalized spacial score (nSPS) is 18.8. The number of amides is 1. The summed E-state index contributed by atoms with van der Waals surface area (Å²) < 4.78 is 21.8. The van der Waals surface area contributed by atoms with Crippen LogP contribution in [0.15, 0.2) is 48.5 Å². The fourth-order valence-electron chi connectivity index (χ4n) is 2.93. The van der Waals surface area contributed by atoms with E-state index in [9.17, 15) is 4.79 Å². The second-order valence-corrected chi connectivity index (χ2v) is 5.88. The smallest absolute Gasteiger partial charge is 0.258 e. The van der Waals surface area contributed by atoms with E-state index in [0.717, 1.165) is 17.0 Å². The number of benzene rings is 2. The Kier molecular flexibility index (Phi) is 4.54. The highest BCUT2D eigenvalue weighted by Crippen LogP contribution is 2.33. The maximum absolute atomic E-state index is 13.0. The van der Waals surface area contributed by atoms with E-state index in [-0.39, 0.29) is 19.3 Å². The summed E-state index contributed by atoms with van der Waals surface area (Å²) in [6.07, 6.45) is -0.581. The van der Waals surface area contributed by atoms with E-state index in [4.69, 9.17) is 18.9 Å². The highest BCUT2D eigenvalue weighted by Gasteiger charge is 2.29. The first-order chi connectivity index (χ1) is 12.3. The van der Waals surface area contributed by atoms with Gasteiger partial charge in [0, 0.05) is 5.69 Å². The second-order valence-electron chi connectivity index (χ2n) is 5.88. The molecule has 0 spiro atoms. The third kappa shape index (κ3) is 3.45. The van der Waals surface area contributed by atoms with Crippen molar-refractivity contribution in [3.63, 3.8) is 0 Å². The van der Waals surface area contributed by atoms with Gasteiger partial charge in [-0.05, 0) is 29.8 Å². The van der Waals surface area contributed by atoms with E-state index in [2.05, 4.69) is 0 Å². The number of fused-ring (bicyclic) bond motifs is 1. The monoisotopic (exact) mass is 341 g/mol. The van der Waals surface area contributed by atoms with Gasteiger partial charge in [0.25, 0.3) is 5.91 Å². The minimum absolute atomic E-state index is 0.108. The maximum Gasteiger partial charge on any atom is 0.258 e. The lowest BCUT2D eigenvalue weighted by Gasteiger charge is -2.29. The van der Waals surface area contributed by atoms with Crippen LogP contribution < -0.4 is 14.4 Å². The summed E-state index contributed by atoms with van der Waals surface area (Å²) in [6.45, 7) is 1.89. The Hall–Kier alpha value is -2.57. The molecule has 130 valence electrons. The minimum atomic E-state index is -0.581. The molecule has 2 aliphatic rings. The first kappa shape index (κ1) is 15.9. The molecule has 25 heavy (non-hydrogen) atoms. The van der Waals surface area contributed by atoms with Gasteiger partial charge in [0.1, 0.15) is 0 Å². The number of nitrogens with zero attached hydrogens (tertiary/aromatic N) is 1. The van der Waals surface area contributed by atoms with E-state index in [0.29, 0.717) is 25.5 Å². The number of carbonyl (C=O) groups excluding carboxylic acids is 1. The summed E-state index contributed by atoms with van der Waals surface area (Å²) in [7, 11) is 0. The number of ether oxygens (including phenoxy) is 4. The molecule has 1 saturated heterocycles. The van der Waals surface area contributed by atoms with Crippen molar-refractivity contribution in [2.45, 2.75) is 12.6 Å². The van der Waals surface area contributed by atoms with Crippen LogP contribution in [0.2, 0.25) is 0 Å². The molecule has 1 atom stereocenters. The summed E-state index contributed by atoms with van der Waals surface area (Å²) in [6, 6.07) is 15.3. The van der Waals surface area contributed by atoms with Gasteiger partial charge in [0.2, 0.25) is 6.79 Å². The molecule has 1 fully saturated rings. The van der Waals surface area contributed by atoms with Gasteiger partial charge in [-0.25, -0.2) is 0 Å². The van der Waals surface area contributed by atoms with Gasteiger partial charge in [0.15, 0.2) is 17.6 Å². The average Bonchev–Trinajstić information content (AvgIpc) is 3.15. The van der Waals surface area contributed by atoms with Crippen LogP contribution in [0.1, 0.15) is 5.56 Å². The average molecular weight is 341 g/mol. The third-order valence-electron chi connectivity index (χ3n) is 4.20. The van der Waals surface area contributed by atoms with Crippen molar-refractivity contribution in [3.8, 4) is 11.5 Å². The van der Waals surface area contributed by atoms with Crippen LogP contribution >= 0.6 is 0 Å². The van der Waals surface area contributed by atoms with Gasteiger partial charge in [-0.2, -0.15) is 0 Å². The first-order valence-corrected chi connectivity index (χ1v) is 8.25. The molecule has 0 radical (unpaired) electrons. The van der Waals surface area contributed by atoms with E-state index in [1.807, 2.05) is 48.5 Å². The van der Waals surface area contributed by atoms with Crippen LogP contribution in [-0.4, -0.2) is 38.6 Å². The van der Waals surface area contributed by atoms with Crippen LogP contribution in [0, 0.1) is 0 Å². The van der Waals surface area contributed by atoms with Crippen molar-refractivity contribution >= 4 is 11.6 Å². The Balaban J connectivity index is 1.60. The summed E-state index contributed by atoms with van der Waals surface area (Å²) in [5, 5.41) is 0. The second kappa shape index (κ2) is 7.13. The van der Waals surface area contributed by atoms with E-state index >= 15 is 0 Å². The Bertz CT molecular complexity index is 743. The zero-order valence-electron chi connectivity index (χ0n) is 13.7. The van der Waals surface area contributed by atoms with Gasteiger partial charge < -0.3 is 23.8 Å². The molecule has 0 aromatic heterocycles. The van der Waals surface area contributed by atoms with Crippen LogP contribution in [0.5, 0.6) is 11.5 Å². The van der Waals surface area contributed by atoms with Crippen molar-refractivity contribution in [2.75, 3.05) is 31.5 Å². The minimum Gasteiger partial charge on any atom is -0.454 e. The number of hydrogen-bond acceptors (Lipinski definition) is 5. The third-order valence-corrected chi connectivity index (χ3v) is 4.20. The molecule has 2 aromatic rings. The predicted octanol–water partition coefficient (Wildman–Crippen LogP) is 2.36. The number of carbonyl (C=O) groups is 1. The van der Waals surface area contributed by atoms with Gasteiger partial charge >= 0.3 is 0 Å². The molecule has 2 heterocycles. The number of hydrogen-bond donors (Lipinski definition) is 0. The molecule has 1 amide bonds. The zero-order valence-corrected chi connectivity index (χ0v) is 13.7.